The number of benzene rings is 1. The molecule has 1 aliphatic rings. The maximum atomic E-state index is 10.9. The second kappa shape index (κ2) is 4.65. The molecule has 0 saturated heterocycles. The number of rotatable bonds is 3. The Balaban J connectivity index is 2.19. The molecule has 0 bridgehead atoms. The highest BCUT2D eigenvalue weighted by Crippen LogP contribution is 2.30. The van der Waals surface area contributed by atoms with Crippen molar-refractivity contribution in [1.29, 1.82) is 0 Å². The second-order valence-electron chi connectivity index (χ2n) is 4.77. The zero-order valence-electron chi connectivity index (χ0n) is 9.94. The van der Waals surface area contributed by atoms with Crippen molar-refractivity contribution < 1.29 is 9.90 Å². The van der Waals surface area contributed by atoms with Gasteiger partial charge < -0.3 is 16.2 Å². The number of carboxylic acids is 1. The predicted octanol–water partition coefficient (Wildman–Crippen LogP) is 2.57. The van der Waals surface area contributed by atoms with Gasteiger partial charge in [0.1, 0.15) is 0 Å². The smallest absolute Gasteiger partial charge is 0.335 e. The van der Waals surface area contributed by atoms with Gasteiger partial charge in [-0.1, -0.05) is 13.3 Å². The first-order valence-corrected chi connectivity index (χ1v) is 5.97. The third-order valence-electron chi connectivity index (χ3n) is 3.50. The standard InChI is InChI=1S/C13H18N2O2/c1-8-3-2-4-11(8)15-12-7-9(13(16)17)5-6-10(12)14/h5-8,11,15H,2-4,14H2,1H3,(H,16,17). The highest BCUT2D eigenvalue weighted by atomic mass is 16.4. The zero-order chi connectivity index (χ0) is 12.4. The molecule has 0 radical (unpaired) electrons. The molecule has 1 aromatic carbocycles. The molecular weight excluding hydrogens is 216 g/mol. The van der Waals surface area contributed by atoms with Gasteiger partial charge in [-0.2, -0.15) is 0 Å². The van der Waals surface area contributed by atoms with Gasteiger partial charge in [0.2, 0.25) is 0 Å². The molecule has 4 heteroatoms. The Bertz CT molecular complexity index is 431. The molecule has 4 N–H and O–H groups in total. The average molecular weight is 234 g/mol. The quantitative estimate of drug-likeness (QED) is 0.702. The minimum atomic E-state index is -0.924. The van der Waals surface area contributed by atoms with Crippen LogP contribution in [0, 0.1) is 5.92 Å². The summed E-state index contributed by atoms with van der Waals surface area (Å²) in [7, 11) is 0. The maximum Gasteiger partial charge on any atom is 0.335 e. The normalized spacial score (nSPS) is 23.6. The van der Waals surface area contributed by atoms with Crippen molar-refractivity contribution in [2.24, 2.45) is 5.92 Å². The zero-order valence-corrected chi connectivity index (χ0v) is 9.94. The molecule has 17 heavy (non-hydrogen) atoms. The number of hydrogen-bond acceptors (Lipinski definition) is 3. The summed E-state index contributed by atoms with van der Waals surface area (Å²) in [4.78, 5) is 10.9. The Labute approximate surface area is 101 Å². The molecule has 2 atom stereocenters. The molecule has 0 aliphatic heterocycles. The van der Waals surface area contributed by atoms with E-state index >= 15 is 0 Å². The van der Waals surface area contributed by atoms with Crippen molar-refractivity contribution >= 4 is 17.3 Å². The van der Waals surface area contributed by atoms with Gasteiger partial charge in [0.05, 0.1) is 16.9 Å². The highest BCUT2D eigenvalue weighted by Gasteiger charge is 2.23. The van der Waals surface area contributed by atoms with Crippen molar-refractivity contribution in [2.75, 3.05) is 11.1 Å². The molecule has 1 aliphatic carbocycles. The molecule has 0 spiro atoms. The largest absolute Gasteiger partial charge is 0.478 e. The molecule has 92 valence electrons. The van der Waals surface area contributed by atoms with Gasteiger partial charge in [-0.25, -0.2) is 4.79 Å². The molecule has 0 heterocycles. The molecule has 1 saturated carbocycles. The van der Waals surface area contributed by atoms with E-state index in [0.29, 0.717) is 17.6 Å². The van der Waals surface area contributed by atoms with Gasteiger partial charge in [-0.15, -0.1) is 0 Å². The summed E-state index contributed by atoms with van der Waals surface area (Å²) in [6.07, 6.45) is 3.56. The number of hydrogen-bond donors (Lipinski definition) is 3. The van der Waals surface area contributed by atoms with Crippen LogP contribution in [-0.2, 0) is 0 Å². The first kappa shape index (κ1) is 11.8. The van der Waals surface area contributed by atoms with Gasteiger partial charge in [0.25, 0.3) is 0 Å². The van der Waals surface area contributed by atoms with E-state index in [1.165, 1.54) is 18.9 Å². The third-order valence-corrected chi connectivity index (χ3v) is 3.50. The van der Waals surface area contributed by atoms with Crippen molar-refractivity contribution in [3.05, 3.63) is 23.8 Å². The fourth-order valence-corrected chi connectivity index (χ4v) is 2.37. The van der Waals surface area contributed by atoms with E-state index in [9.17, 15) is 4.79 Å². The second-order valence-corrected chi connectivity index (χ2v) is 4.77. The Morgan fingerprint density at radius 1 is 1.47 bits per heavy atom. The number of nitrogens with two attached hydrogens (primary N) is 1. The number of nitrogen functional groups attached to an aromatic ring is 1. The molecule has 4 nitrogen and oxygen atoms in total. The van der Waals surface area contributed by atoms with E-state index in [1.807, 2.05) is 0 Å². The molecule has 0 aromatic heterocycles. The van der Waals surface area contributed by atoms with E-state index < -0.39 is 5.97 Å². The Morgan fingerprint density at radius 3 is 2.82 bits per heavy atom. The van der Waals surface area contributed by atoms with E-state index in [0.717, 1.165) is 12.1 Å². The van der Waals surface area contributed by atoms with E-state index in [1.54, 1.807) is 12.1 Å². The first-order chi connectivity index (χ1) is 8.08. The highest BCUT2D eigenvalue weighted by molar-refractivity contribution is 5.90. The lowest BCUT2D eigenvalue weighted by Crippen LogP contribution is -2.22. The number of aromatic carboxylic acids is 1. The van der Waals surface area contributed by atoms with Crippen LogP contribution in [-0.4, -0.2) is 17.1 Å². The van der Waals surface area contributed by atoms with Crippen LogP contribution in [0.1, 0.15) is 36.5 Å². The molecular formula is C13H18N2O2. The third kappa shape index (κ3) is 2.52. The first-order valence-electron chi connectivity index (χ1n) is 5.97. The average Bonchev–Trinajstić information content (AvgIpc) is 2.67. The molecule has 2 unspecified atom stereocenters. The Hall–Kier alpha value is -1.71. The number of nitrogens with one attached hydrogen (secondary N) is 1. The summed E-state index contributed by atoms with van der Waals surface area (Å²) in [5.74, 6) is -0.310. The van der Waals surface area contributed by atoms with Crippen molar-refractivity contribution in [2.45, 2.75) is 32.2 Å². The van der Waals surface area contributed by atoms with Crippen LogP contribution < -0.4 is 11.1 Å². The monoisotopic (exact) mass is 234 g/mol. The summed E-state index contributed by atoms with van der Waals surface area (Å²) >= 11 is 0. The van der Waals surface area contributed by atoms with Crippen molar-refractivity contribution in [3.63, 3.8) is 0 Å². The van der Waals surface area contributed by atoms with Crippen LogP contribution in [0.3, 0.4) is 0 Å². The van der Waals surface area contributed by atoms with Gasteiger partial charge in [0, 0.05) is 6.04 Å². The Kier molecular flexibility index (Phi) is 3.22. The number of carboxylic acid groups (broad SMARTS) is 1. The SMILES string of the molecule is CC1CCCC1Nc1cc(C(=O)O)ccc1N. The van der Waals surface area contributed by atoms with Crippen LogP contribution in [0.5, 0.6) is 0 Å². The lowest BCUT2D eigenvalue weighted by atomic mass is 10.1. The van der Waals surface area contributed by atoms with E-state index in [-0.39, 0.29) is 5.56 Å². The van der Waals surface area contributed by atoms with Gasteiger partial charge in [0.15, 0.2) is 0 Å². The summed E-state index contributed by atoms with van der Waals surface area (Å²) in [6.45, 7) is 2.21. The topological polar surface area (TPSA) is 75.3 Å². The van der Waals surface area contributed by atoms with Gasteiger partial charge >= 0.3 is 5.97 Å². The number of anilines is 2. The minimum Gasteiger partial charge on any atom is -0.478 e. The van der Waals surface area contributed by atoms with Crippen LogP contribution in [0.15, 0.2) is 18.2 Å². The van der Waals surface area contributed by atoms with Crippen LogP contribution in [0.4, 0.5) is 11.4 Å². The van der Waals surface area contributed by atoms with Crippen LogP contribution >= 0.6 is 0 Å². The summed E-state index contributed by atoms with van der Waals surface area (Å²) in [6, 6.07) is 5.19. The minimum absolute atomic E-state index is 0.271. The van der Waals surface area contributed by atoms with Crippen molar-refractivity contribution in [3.8, 4) is 0 Å². The summed E-state index contributed by atoms with van der Waals surface area (Å²) in [5.41, 5.74) is 7.47. The predicted molar refractivity (Wildman–Crippen MR) is 68.2 cm³/mol. The van der Waals surface area contributed by atoms with Crippen LogP contribution in [0.2, 0.25) is 0 Å². The van der Waals surface area contributed by atoms with Gasteiger partial charge in [-0.3, -0.25) is 0 Å². The van der Waals surface area contributed by atoms with E-state index in [2.05, 4.69) is 12.2 Å². The summed E-state index contributed by atoms with van der Waals surface area (Å²) < 4.78 is 0. The lowest BCUT2D eigenvalue weighted by Gasteiger charge is -2.20. The molecule has 0 amide bonds. The van der Waals surface area contributed by atoms with E-state index in [4.69, 9.17) is 10.8 Å². The molecule has 1 fully saturated rings. The fraction of sp³-hybridized carbons (Fsp3) is 0.462. The maximum absolute atomic E-state index is 10.9. The number of carbonyl (C=O) groups is 1. The molecule has 2 rings (SSSR count). The Morgan fingerprint density at radius 2 is 2.24 bits per heavy atom. The lowest BCUT2D eigenvalue weighted by molar-refractivity contribution is 0.0697. The fourth-order valence-electron chi connectivity index (χ4n) is 2.37. The van der Waals surface area contributed by atoms with Gasteiger partial charge in [-0.05, 0) is 37.0 Å². The summed E-state index contributed by atoms with van der Waals surface area (Å²) in [5, 5.41) is 12.3. The van der Waals surface area contributed by atoms with Crippen LogP contribution in [0.25, 0.3) is 0 Å². The molecule has 1 aromatic rings. The van der Waals surface area contributed by atoms with Crippen molar-refractivity contribution in [1.82, 2.24) is 0 Å².